The molecule has 1 atom stereocenters. The maximum Gasteiger partial charge on any atom is 0.276 e. The number of nitrogens with zero attached hydrogens (tertiary/aromatic N) is 4. The van der Waals surface area contributed by atoms with Gasteiger partial charge in [0.15, 0.2) is 5.82 Å². The molecule has 0 spiro atoms. The first kappa shape index (κ1) is 16.3. The maximum absolute atomic E-state index is 12.6. The van der Waals surface area contributed by atoms with Gasteiger partial charge in [0.05, 0.1) is 12.3 Å². The Morgan fingerprint density at radius 1 is 1.23 bits per heavy atom. The molecule has 0 aliphatic carbocycles. The third-order valence-electron chi connectivity index (χ3n) is 4.27. The van der Waals surface area contributed by atoms with Crippen LogP contribution in [0.3, 0.4) is 0 Å². The van der Waals surface area contributed by atoms with Crippen LogP contribution in [0.2, 0.25) is 0 Å². The number of hydrogen-bond donors (Lipinski definition) is 0. The third kappa shape index (κ3) is 3.03. The molecule has 1 amide bonds. The predicted octanol–water partition coefficient (Wildman–Crippen LogP) is 3.05. The summed E-state index contributed by atoms with van der Waals surface area (Å²) in [5, 5.41) is 4.06. The zero-order valence-corrected chi connectivity index (χ0v) is 14.3. The first-order valence-corrected chi connectivity index (χ1v) is 8.53. The molecule has 26 heavy (non-hydrogen) atoms. The van der Waals surface area contributed by atoms with E-state index in [2.05, 4.69) is 15.1 Å². The number of carbonyl (C=O) groups excluding carboxylic acids is 1. The van der Waals surface area contributed by atoms with E-state index in [-0.39, 0.29) is 11.8 Å². The zero-order valence-electron chi connectivity index (χ0n) is 14.3. The second kappa shape index (κ2) is 6.95. The Morgan fingerprint density at radius 2 is 2.08 bits per heavy atom. The lowest BCUT2D eigenvalue weighted by molar-refractivity contribution is -0.117. The highest BCUT2D eigenvalue weighted by Gasteiger charge is 2.35. The fourth-order valence-corrected chi connectivity index (χ4v) is 3.07. The van der Waals surface area contributed by atoms with Gasteiger partial charge in [0.2, 0.25) is 5.91 Å². The Morgan fingerprint density at radius 3 is 2.88 bits per heavy atom. The molecule has 0 saturated carbocycles. The number of carbonyl (C=O) groups is 1. The summed E-state index contributed by atoms with van der Waals surface area (Å²) in [4.78, 5) is 22.9. The molecule has 1 unspecified atom stereocenters. The summed E-state index contributed by atoms with van der Waals surface area (Å²) in [5.74, 6) is 1.48. The lowest BCUT2D eigenvalue weighted by atomic mass is 10.1. The van der Waals surface area contributed by atoms with Crippen molar-refractivity contribution in [2.75, 3.05) is 18.1 Å². The summed E-state index contributed by atoms with van der Waals surface area (Å²) in [5.41, 5.74) is 1.39. The third-order valence-corrected chi connectivity index (χ3v) is 4.27. The molecule has 0 N–H and O–H groups in total. The number of rotatable bonds is 5. The summed E-state index contributed by atoms with van der Waals surface area (Å²) in [6, 6.07) is 13.0. The number of ether oxygens (including phenoxy) is 1. The SMILES string of the molecule is CCOc1ccccc1N1CC(c2noc(-c3ccccn3)n2)CC1=O. The lowest BCUT2D eigenvalue weighted by Gasteiger charge is -2.19. The molecule has 132 valence electrons. The average molecular weight is 350 g/mol. The highest BCUT2D eigenvalue weighted by Crippen LogP contribution is 2.36. The Bertz CT molecular complexity index is 910. The van der Waals surface area contributed by atoms with Gasteiger partial charge >= 0.3 is 0 Å². The quantitative estimate of drug-likeness (QED) is 0.703. The van der Waals surface area contributed by atoms with E-state index >= 15 is 0 Å². The monoisotopic (exact) mass is 350 g/mol. The van der Waals surface area contributed by atoms with Crippen LogP contribution in [0.5, 0.6) is 5.75 Å². The predicted molar refractivity (Wildman–Crippen MR) is 94.9 cm³/mol. The van der Waals surface area contributed by atoms with E-state index in [0.717, 1.165) is 5.69 Å². The first-order valence-electron chi connectivity index (χ1n) is 8.53. The lowest BCUT2D eigenvalue weighted by Crippen LogP contribution is -2.25. The van der Waals surface area contributed by atoms with Crippen LogP contribution in [0.15, 0.2) is 53.2 Å². The molecule has 3 heterocycles. The normalized spacial score (nSPS) is 16.9. The Balaban J connectivity index is 1.57. The van der Waals surface area contributed by atoms with Crippen LogP contribution in [0.25, 0.3) is 11.6 Å². The van der Waals surface area contributed by atoms with Crippen molar-refractivity contribution < 1.29 is 14.1 Å². The van der Waals surface area contributed by atoms with Crippen LogP contribution < -0.4 is 9.64 Å². The van der Waals surface area contributed by atoms with E-state index in [9.17, 15) is 4.79 Å². The number of aromatic nitrogens is 3. The second-order valence-corrected chi connectivity index (χ2v) is 5.98. The van der Waals surface area contributed by atoms with E-state index in [0.29, 0.717) is 42.7 Å². The van der Waals surface area contributed by atoms with Crippen LogP contribution in [-0.4, -0.2) is 34.2 Å². The molecule has 1 aliphatic rings. The minimum Gasteiger partial charge on any atom is -0.492 e. The molecule has 0 bridgehead atoms. The number of benzene rings is 1. The van der Waals surface area contributed by atoms with E-state index in [1.165, 1.54) is 0 Å². The van der Waals surface area contributed by atoms with Crippen LogP contribution in [-0.2, 0) is 4.79 Å². The molecule has 4 rings (SSSR count). The zero-order chi connectivity index (χ0) is 17.9. The maximum atomic E-state index is 12.6. The van der Waals surface area contributed by atoms with Crippen molar-refractivity contribution in [1.29, 1.82) is 0 Å². The Kier molecular flexibility index (Phi) is 4.35. The number of pyridine rings is 1. The van der Waals surface area contributed by atoms with Gasteiger partial charge in [0, 0.05) is 25.1 Å². The molecule has 0 radical (unpaired) electrons. The highest BCUT2D eigenvalue weighted by molar-refractivity contribution is 5.97. The molecule has 3 aromatic rings. The van der Waals surface area contributed by atoms with Crippen molar-refractivity contribution in [2.24, 2.45) is 0 Å². The van der Waals surface area contributed by atoms with E-state index in [1.54, 1.807) is 11.1 Å². The topological polar surface area (TPSA) is 81.3 Å². The van der Waals surface area contributed by atoms with Crippen molar-refractivity contribution in [2.45, 2.75) is 19.3 Å². The summed E-state index contributed by atoms with van der Waals surface area (Å²) in [7, 11) is 0. The minimum atomic E-state index is -0.126. The minimum absolute atomic E-state index is 0.0198. The van der Waals surface area contributed by atoms with Gasteiger partial charge in [-0.25, -0.2) is 0 Å². The second-order valence-electron chi connectivity index (χ2n) is 5.98. The van der Waals surface area contributed by atoms with Gasteiger partial charge in [-0.05, 0) is 31.2 Å². The molecule has 1 aliphatic heterocycles. The standard InChI is InChI=1S/C19H18N4O3/c1-2-25-16-9-4-3-8-15(16)23-12-13(11-17(23)24)18-21-19(26-22-18)14-7-5-6-10-20-14/h3-10,13H,2,11-12H2,1H3. The molecule has 7 heteroatoms. The summed E-state index contributed by atoms with van der Waals surface area (Å²) >= 11 is 0. The smallest absolute Gasteiger partial charge is 0.276 e. The Hall–Kier alpha value is -3.22. The number of para-hydroxylation sites is 2. The van der Waals surface area contributed by atoms with Crippen LogP contribution >= 0.6 is 0 Å². The average Bonchev–Trinajstić information content (AvgIpc) is 3.30. The first-order chi connectivity index (χ1) is 12.8. The number of amides is 1. The van der Waals surface area contributed by atoms with Crippen molar-refractivity contribution in [3.8, 4) is 17.3 Å². The Labute approximate surface area is 150 Å². The van der Waals surface area contributed by atoms with Crippen LogP contribution in [0, 0.1) is 0 Å². The summed E-state index contributed by atoms with van der Waals surface area (Å²) < 4.78 is 11.0. The van der Waals surface area contributed by atoms with E-state index in [4.69, 9.17) is 9.26 Å². The summed E-state index contributed by atoms with van der Waals surface area (Å²) in [6.07, 6.45) is 2.01. The van der Waals surface area contributed by atoms with Gasteiger partial charge in [-0.1, -0.05) is 23.4 Å². The molecule has 7 nitrogen and oxygen atoms in total. The van der Waals surface area contributed by atoms with E-state index in [1.807, 2.05) is 49.4 Å². The van der Waals surface area contributed by atoms with Crippen molar-refractivity contribution in [3.63, 3.8) is 0 Å². The fraction of sp³-hybridized carbons (Fsp3) is 0.263. The highest BCUT2D eigenvalue weighted by atomic mass is 16.5. The fourth-order valence-electron chi connectivity index (χ4n) is 3.07. The molecule has 1 saturated heterocycles. The van der Waals surface area contributed by atoms with Gasteiger partial charge in [-0.2, -0.15) is 4.98 Å². The molecule has 2 aromatic heterocycles. The molecule has 1 fully saturated rings. The molecular weight excluding hydrogens is 332 g/mol. The van der Waals surface area contributed by atoms with Gasteiger partial charge < -0.3 is 14.2 Å². The van der Waals surface area contributed by atoms with Gasteiger partial charge in [0.25, 0.3) is 5.89 Å². The van der Waals surface area contributed by atoms with Crippen molar-refractivity contribution in [3.05, 3.63) is 54.5 Å². The largest absolute Gasteiger partial charge is 0.492 e. The molecular formula is C19H18N4O3. The van der Waals surface area contributed by atoms with Gasteiger partial charge in [0.1, 0.15) is 11.4 Å². The van der Waals surface area contributed by atoms with Gasteiger partial charge in [-0.3, -0.25) is 9.78 Å². The van der Waals surface area contributed by atoms with Crippen LogP contribution in [0.1, 0.15) is 25.1 Å². The van der Waals surface area contributed by atoms with Crippen molar-refractivity contribution >= 4 is 11.6 Å². The summed E-state index contributed by atoms with van der Waals surface area (Å²) in [6.45, 7) is 2.95. The molecule has 1 aromatic carbocycles. The number of hydrogen-bond acceptors (Lipinski definition) is 6. The number of anilines is 1. The van der Waals surface area contributed by atoms with E-state index < -0.39 is 0 Å². The van der Waals surface area contributed by atoms with Crippen LogP contribution in [0.4, 0.5) is 5.69 Å². The van der Waals surface area contributed by atoms with Crippen molar-refractivity contribution in [1.82, 2.24) is 15.1 Å². The van der Waals surface area contributed by atoms with Gasteiger partial charge in [-0.15, -0.1) is 0 Å².